The molecule has 0 bridgehead atoms. The maximum Gasteiger partial charge on any atom is 0.233 e. The molecule has 4 rings (SSSR count). The average molecular weight is 382 g/mol. The second kappa shape index (κ2) is 6.93. The number of ketones is 1. The molecule has 0 N–H and O–H groups in total. The normalized spacial score (nSPS) is 21.8. The molecular weight excluding hydrogens is 360 g/mol. The number of Topliss-reactive ketones (excluding diaryl/α,β-unsaturated/α-hetero) is 1. The van der Waals surface area contributed by atoms with E-state index in [9.17, 15) is 14.4 Å². The first-order valence-electron chi connectivity index (χ1n) is 9.20. The van der Waals surface area contributed by atoms with Crippen LogP contribution in [0.3, 0.4) is 0 Å². The fourth-order valence-corrected chi connectivity index (χ4v) is 4.83. The number of hydrogen-bond donors (Lipinski definition) is 0. The summed E-state index contributed by atoms with van der Waals surface area (Å²) in [4.78, 5) is 40.5. The minimum Gasteiger partial charge on any atom is -0.343 e. The molecule has 2 aromatic rings. The van der Waals surface area contributed by atoms with Gasteiger partial charge >= 0.3 is 0 Å². The van der Waals surface area contributed by atoms with Crippen molar-refractivity contribution < 1.29 is 14.4 Å². The van der Waals surface area contributed by atoms with Crippen molar-refractivity contribution in [2.75, 3.05) is 6.54 Å². The zero-order valence-electron chi connectivity index (χ0n) is 15.5. The lowest BCUT2D eigenvalue weighted by atomic mass is 9.85. The van der Waals surface area contributed by atoms with E-state index in [2.05, 4.69) is 10.6 Å². The summed E-state index contributed by atoms with van der Waals surface area (Å²) in [7, 11) is 0. The number of hydrogen-bond acceptors (Lipinski definition) is 4. The van der Waals surface area contributed by atoms with E-state index in [0.29, 0.717) is 18.4 Å². The molecule has 2 amide bonds. The SMILES string of the molecule is Cc1cc(C(=O)CN2C(=O)C3CC=CCC3C2=O)c(C)n1Cc1cccs1. The van der Waals surface area contributed by atoms with Gasteiger partial charge in [-0.15, -0.1) is 11.3 Å². The van der Waals surface area contributed by atoms with Gasteiger partial charge in [-0.1, -0.05) is 18.2 Å². The van der Waals surface area contributed by atoms with E-state index in [-0.39, 0.29) is 36.0 Å². The third-order valence-electron chi connectivity index (χ3n) is 5.67. The predicted octanol–water partition coefficient (Wildman–Crippen LogP) is 3.35. The van der Waals surface area contributed by atoms with Crippen molar-refractivity contribution in [2.24, 2.45) is 11.8 Å². The van der Waals surface area contributed by atoms with Crippen molar-refractivity contribution in [2.45, 2.75) is 33.2 Å². The van der Waals surface area contributed by atoms with Crippen LogP contribution in [0.15, 0.2) is 35.7 Å². The zero-order chi connectivity index (χ0) is 19.1. The van der Waals surface area contributed by atoms with Gasteiger partial charge in [-0.3, -0.25) is 19.3 Å². The molecular formula is C21H22N2O3S. The molecule has 1 aliphatic heterocycles. The van der Waals surface area contributed by atoms with Gasteiger partial charge in [0.2, 0.25) is 11.8 Å². The largest absolute Gasteiger partial charge is 0.343 e. The number of nitrogens with zero attached hydrogens (tertiary/aromatic N) is 2. The van der Waals surface area contributed by atoms with Gasteiger partial charge in [-0.2, -0.15) is 0 Å². The average Bonchev–Trinajstić information content (AvgIpc) is 3.34. The molecule has 0 spiro atoms. The number of fused-ring (bicyclic) bond motifs is 1. The molecule has 1 aliphatic carbocycles. The topological polar surface area (TPSA) is 59.4 Å². The van der Waals surface area contributed by atoms with E-state index in [1.54, 1.807) is 11.3 Å². The lowest BCUT2D eigenvalue weighted by Gasteiger charge is -2.14. The second-order valence-corrected chi connectivity index (χ2v) is 8.32. The highest BCUT2D eigenvalue weighted by molar-refractivity contribution is 7.09. The Morgan fingerprint density at radius 1 is 1.15 bits per heavy atom. The molecule has 0 radical (unpaired) electrons. The third kappa shape index (κ3) is 3.08. The number of allylic oxidation sites excluding steroid dienone is 2. The summed E-state index contributed by atoms with van der Waals surface area (Å²) < 4.78 is 2.11. The number of thiophene rings is 1. The number of rotatable bonds is 5. The van der Waals surface area contributed by atoms with Crippen LogP contribution in [0.1, 0.15) is 39.5 Å². The highest BCUT2D eigenvalue weighted by Gasteiger charge is 2.47. The van der Waals surface area contributed by atoms with E-state index in [0.717, 1.165) is 17.9 Å². The molecule has 2 unspecified atom stereocenters. The summed E-state index contributed by atoms with van der Waals surface area (Å²) in [6.07, 6.45) is 5.09. The van der Waals surface area contributed by atoms with Gasteiger partial charge in [0.05, 0.1) is 24.9 Å². The quantitative estimate of drug-likeness (QED) is 0.453. The van der Waals surface area contributed by atoms with Gasteiger partial charge in [0.1, 0.15) is 0 Å². The van der Waals surface area contributed by atoms with Crippen LogP contribution < -0.4 is 0 Å². The Labute approximate surface area is 162 Å². The van der Waals surface area contributed by atoms with Gasteiger partial charge < -0.3 is 4.57 Å². The number of aromatic nitrogens is 1. The van der Waals surface area contributed by atoms with Crippen LogP contribution in [-0.2, 0) is 16.1 Å². The van der Waals surface area contributed by atoms with Crippen molar-refractivity contribution in [3.8, 4) is 0 Å². The van der Waals surface area contributed by atoms with Crippen LogP contribution in [0.2, 0.25) is 0 Å². The smallest absolute Gasteiger partial charge is 0.233 e. The predicted molar refractivity (Wildman–Crippen MR) is 104 cm³/mol. The molecule has 1 fully saturated rings. The summed E-state index contributed by atoms with van der Waals surface area (Å²) in [6.45, 7) is 4.46. The Morgan fingerprint density at radius 3 is 2.41 bits per heavy atom. The van der Waals surface area contributed by atoms with Gasteiger partial charge in [-0.05, 0) is 44.2 Å². The number of carbonyl (C=O) groups excluding carboxylic acids is 3. The van der Waals surface area contributed by atoms with Gasteiger partial charge in [-0.25, -0.2) is 0 Å². The summed E-state index contributed by atoms with van der Waals surface area (Å²) in [5, 5.41) is 2.04. The monoisotopic (exact) mass is 382 g/mol. The van der Waals surface area contributed by atoms with Crippen LogP contribution in [0.4, 0.5) is 0 Å². The maximum absolute atomic E-state index is 12.9. The van der Waals surface area contributed by atoms with Gasteiger partial charge in [0, 0.05) is 21.8 Å². The minimum absolute atomic E-state index is 0.159. The number of amides is 2. The summed E-state index contributed by atoms with van der Waals surface area (Å²) >= 11 is 1.68. The molecule has 2 aliphatic rings. The van der Waals surface area contributed by atoms with E-state index in [4.69, 9.17) is 0 Å². The van der Waals surface area contributed by atoms with Crippen molar-refractivity contribution in [1.29, 1.82) is 0 Å². The molecule has 0 saturated carbocycles. The molecule has 3 heterocycles. The molecule has 140 valence electrons. The maximum atomic E-state index is 12.9. The minimum atomic E-state index is -0.290. The summed E-state index contributed by atoms with van der Waals surface area (Å²) in [6, 6.07) is 5.95. The molecule has 2 atom stereocenters. The Balaban J connectivity index is 1.54. The van der Waals surface area contributed by atoms with Gasteiger partial charge in [0.25, 0.3) is 0 Å². The van der Waals surface area contributed by atoms with Gasteiger partial charge in [0.15, 0.2) is 5.78 Å². The van der Waals surface area contributed by atoms with Crippen molar-refractivity contribution in [1.82, 2.24) is 9.47 Å². The number of imide groups is 1. The first kappa shape index (κ1) is 17.9. The third-order valence-corrected chi connectivity index (χ3v) is 6.53. The molecule has 27 heavy (non-hydrogen) atoms. The van der Waals surface area contributed by atoms with Crippen molar-refractivity contribution in [3.05, 3.63) is 57.6 Å². The van der Waals surface area contributed by atoms with Crippen LogP contribution >= 0.6 is 11.3 Å². The fraction of sp³-hybridized carbons (Fsp3) is 0.381. The lowest BCUT2D eigenvalue weighted by molar-refractivity contribution is -0.139. The Morgan fingerprint density at radius 2 is 1.81 bits per heavy atom. The molecule has 5 nitrogen and oxygen atoms in total. The van der Waals surface area contributed by atoms with Crippen LogP contribution in [-0.4, -0.2) is 33.6 Å². The number of carbonyl (C=O) groups is 3. The van der Waals surface area contributed by atoms with Crippen molar-refractivity contribution in [3.63, 3.8) is 0 Å². The van der Waals surface area contributed by atoms with Crippen LogP contribution in [0, 0.1) is 25.7 Å². The van der Waals surface area contributed by atoms with E-state index in [1.807, 2.05) is 43.5 Å². The van der Waals surface area contributed by atoms with E-state index in [1.165, 1.54) is 9.78 Å². The number of aryl methyl sites for hydroxylation is 1. The van der Waals surface area contributed by atoms with E-state index < -0.39 is 0 Å². The van der Waals surface area contributed by atoms with Crippen LogP contribution in [0.5, 0.6) is 0 Å². The Bertz CT molecular complexity index is 913. The first-order valence-corrected chi connectivity index (χ1v) is 10.1. The van der Waals surface area contributed by atoms with Crippen molar-refractivity contribution >= 4 is 28.9 Å². The lowest BCUT2D eigenvalue weighted by Crippen LogP contribution is -2.36. The number of likely N-dealkylation sites (tertiary alicyclic amines) is 1. The zero-order valence-corrected chi connectivity index (χ0v) is 16.3. The summed E-state index contributed by atoms with van der Waals surface area (Å²) in [5.41, 5.74) is 2.47. The fourth-order valence-electron chi connectivity index (χ4n) is 4.14. The molecule has 2 aromatic heterocycles. The molecule has 0 aromatic carbocycles. The Kier molecular flexibility index (Phi) is 4.60. The molecule has 1 saturated heterocycles. The summed E-state index contributed by atoms with van der Waals surface area (Å²) in [5.74, 6) is -1.15. The Hall–Kier alpha value is -2.47. The van der Waals surface area contributed by atoms with E-state index >= 15 is 0 Å². The van der Waals surface area contributed by atoms with Crippen LogP contribution in [0.25, 0.3) is 0 Å². The highest BCUT2D eigenvalue weighted by atomic mass is 32.1. The standard InChI is InChI=1S/C21H22N2O3S/c1-13-10-18(14(2)22(13)11-15-6-5-9-27-15)19(24)12-23-20(25)16-7-3-4-8-17(16)21(23)26/h3-6,9-10,16-17H,7-8,11-12H2,1-2H3. The highest BCUT2D eigenvalue weighted by Crippen LogP contribution is 2.35. The molecule has 6 heteroatoms. The first-order chi connectivity index (χ1) is 13.0. The second-order valence-electron chi connectivity index (χ2n) is 7.29.